The molecule has 1 heterocycles. The van der Waals surface area contributed by atoms with E-state index in [0.717, 1.165) is 28.4 Å². The minimum Gasteiger partial charge on any atom is -0.455 e. The second-order valence-corrected chi connectivity index (χ2v) is 8.00. The molecular formula is C16H13FN2O4S2. The van der Waals surface area contributed by atoms with Gasteiger partial charge >= 0.3 is 5.97 Å². The Labute approximate surface area is 147 Å². The van der Waals surface area contributed by atoms with Crippen molar-refractivity contribution in [1.29, 1.82) is 0 Å². The number of carbonyl (C=O) groups excluding carboxylic acids is 1. The highest BCUT2D eigenvalue weighted by molar-refractivity contribution is 7.89. The summed E-state index contributed by atoms with van der Waals surface area (Å²) in [6.07, 6.45) is 0. The van der Waals surface area contributed by atoms with Crippen LogP contribution in [-0.2, 0) is 21.4 Å². The van der Waals surface area contributed by atoms with Gasteiger partial charge in [0.05, 0.1) is 20.7 Å². The van der Waals surface area contributed by atoms with E-state index in [0.29, 0.717) is 5.01 Å². The monoisotopic (exact) mass is 380 g/mol. The van der Waals surface area contributed by atoms with Crippen LogP contribution in [0.25, 0.3) is 10.2 Å². The highest BCUT2D eigenvalue weighted by Gasteiger charge is 2.19. The Hall–Kier alpha value is -2.36. The third-order valence-electron chi connectivity index (χ3n) is 3.40. The molecule has 0 unspecified atom stereocenters. The third kappa shape index (κ3) is 3.68. The van der Waals surface area contributed by atoms with E-state index in [1.165, 1.54) is 18.4 Å². The predicted octanol–water partition coefficient (Wildman–Crippen LogP) is 2.70. The van der Waals surface area contributed by atoms with Crippen molar-refractivity contribution in [2.45, 2.75) is 11.5 Å². The first kappa shape index (κ1) is 17.5. The number of para-hydroxylation sites is 1. The summed E-state index contributed by atoms with van der Waals surface area (Å²) < 4.78 is 45.6. The first-order valence-corrected chi connectivity index (χ1v) is 9.45. The fourth-order valence-corrected chi connectivity index (χ4v) is 3.77. The topological polar surface area (TPSA) is 85.4 Å². The summed E-state index contributed by atoms with van der Waals surface area (Å²) in [7, 11) is -2.56. The van der Waals surface area contributed by atoms with E-state index in [1.807, 2.05) is 24.3 Å². The Kier molecular flexibility index (Phi) is 4.80. The van der Waals surface area contributed by atoms with Crippen LogP contribution >= 0.6 is 11.3 Å². The number of hydrogen-bond acceptors (Lipinski definition) is 6. The predicted molar refractivity (Wildman–Crippen MR) is 91.4 cm³/mol. The van der Waals surface area contributed by atoms with Gasteiger partial charge in [-0.1, -0.05) is 12.1 Å². The Morgan fingerprint density at radius 3 is 2.76 bits per heavy atom. The second-order valence-electron chi connectivity index (χ2n) is 5.00. The van der Waals surface area contributed by atoms with Crippen LogP contribution in [-0.4, -0.2) is 26.4 Å². The Balaban J connectivity index is 1.80. The van der Waals surface area contributed by atoms with Crippen molar-refractivity contribution in [2.24, 2.45) is 0 Å². The maximum absolute atomic E-state index is 13.9. The lowest BCUT2D eigenvalue weighted by atomic mass is 10.2. The van der Waals surface area contributed by atoms with Crippen LogP contribution in [0.4, 0.5) is 4.39 Å². The first-order chi connectivity index (χ1) is 11.9. The van der Waals surface area contributed by atoms with Gasteiger partial charge < -0.3 is 4.74 Å². The van der Waals surface area contributed by atoms with Crippen LogP contribution < -0.4 is 4.72 Å². The van der Waals surface area contributed by atoms with Crippen molar-refractivity contribution in [3.05, 3.63) is 58.9 Å². The number of hydrogen-bond donors (Lipinski definition) is 1. The van der Waals surface area contributed by atoms with E-state index in [1.54, 1.807) is 0 Å². The average Bonchev–Trinajstić information content (AvgIpc) is 3.02. The van der Waals surface area contributed by atoms with E-state index in [2.05, 4.69) is 9.71 Å². The Bertz CT molecular complexity index is 1010. The first-order valence-electron chi connectivity index (χ1n) is 7.15. The highest BCUT2D eigenvalue weighted by atomic mass is 32.2. The van der Waals surface area contributed by atoms with E-state index < -0.39 is 27.4 Å². The van der Waals surface area contributed by atoms with Gasteiger partial charge in [-0.2, -0.15) is 0 Å². The number of thiazole rings is 1. The van der Waals surface area contributed by atoms with E-state index in [-0.39, 0.29) is 11.5 Å². The number of fused-ring (bicyclic) bond motifs is 1. The molecular weight excluding hydrogens is 367 g/mol. The maximum atomic E-state index is 13.9. The van der Waals surface area contributed by atoms with Crippen molar-refractivity contribution in [2.75, 3.05) is 7.05 Å². The molecule has 0 saturated carbocycles. The van der Waals surface area contributed by atoms with Gasteiger partial charge in [-0.25, -0.2) is 27.3 Å². The lowest BCUT2D eigenvalue weighted by Crippen LogP contribution is -2.19. The highest BCUT2D eigenvalue weighted by Crippen LogP contribution is 2.23. The average molecular weight is 380 g/mol. The van der Waals surface area contributed by atoms with Crippen molar-refractivity contribution < 1.29 is 22.3 Å². The largest absolute Gasteiger partial charge is 0.455 e. The molecule has 3 aromatic rings. The van der Waals surface area contributed by atoms with Crippen LogP contribution in [0.2, 0.25) is 0 Å². The van der Waals surface area contributed by atoms with E-state index in [9.17, 15) is 17.6 Å². The molecule has 3 rings (SSSR count). The van der Waals surface area contributed by atoms with Gasteiger partial charge in [-0.3, -0.25) is 0 Å². The van der Waals surface area contributed by atoms with Crippen LogP contribution in [0.1, 0.15) is 15.4 Å². The summed E-state index contributed by atoms with van der Waals surface area (Å²) in [5.41, 5.74) is 0.337. The van der Waals surface area contributed by atoms with E-state index in [4.69, 9.17) is 4.74 Å². The van der Waals surface area contributed by atoms with Crippen LogP contribution in [0, 0.1) is 5.82 Å². The van der Waals surface area contributed by atoms with Gasteiger partial charge in [0.2, 0.25) is 10.0 Å². The number of halogens is 1. The number of rotatable bonds is 5. The van der Waals surface area contributed by atoms with Gasteiger partial charge in [0.25, 0.3) is 0 Å². The molecule has 0 radical (unpaired) electrons. The molecule has 0 atom stereocenters. The number of ether oxygens (including phenoxy) is 1. The standard InChI is InChI=1S/C16H13FN2O4S2/c1-18-25(21,22)10-6-7-12(17)11(8-10)16(20)23-9-15-19-13-4-2-3-5-14(13)24-15/h2-8,18H,9H2,1H3. The summed E-state index contributed by atoms with van der Waals surface area (Å²) in [5, 5.41) is 0.564. The molecule has 0 saturated heterocycles. The molecule has 0 aliphatic heterocycles. The molecule has 1 aromatic heterocycles. The maximum Gasteiger partial charge on any atom is 0.341 e. The third-order valence-corrected chi connectivity index (χ3v) is 5.82. The summed E-state index contributed by atoms with van der Waals surface area (Å²) in [4.78, 5) is 16.2. The fourth-order valence-electron chi connectivity index (χ4n) is 2.13. The zero-order valence-electron chi connectivity index (χ0n) is 13.0. The zero-order valence-corrected chi connectivity index (χ0v) is 14.7. The van der Waals surface area contributed by atoms with Crippen molar-refractivity contribution in [1.82, 2.24) is 9.71 Å². The lowest BCUT2D eigenvalue weighted by molar-refractivity contribution is 0.0467. The minimum absolute atomic E-state index is 0.124. The molecule has 0 fully saturated rings. The summed E-state index contributed by atoms with van der Waals surface area (Å²) in [6, 6.07) is 10.4. The number of nitrogens with zero attached hydrogens (tertiary/aromatic N) is 1. The molecule has 0 aliphatic rings. The second kappa shape index (κ2) is 6.87. The summed E-state index contributed by atoms with van der Waals surface area (Å²) >= 11 is 1.36. The van der Waals surface area contributed by atoms with Gasteiger partial charge in [0, 0.05) is 0 Å². The summed E-state index contributed by atoms with van der Waals surface area (Å²) in [5.74, 6) is -1.81. The van der Waals surface area contributed by atoms with Gasteiger partial charge in [0.15, 0.2) is 0 Å². The SMILES string of the molecule is CNS(=O)(=O)c1ccc(F)c(C(=O)OCc2nc3ccccc3s2)c1. The molecule has 0 aliphatic carbocycles. The fraction of sp³-hybridized carbons (Fsp3) is 0.125. The van der Waals surface area contributed by atoms with Crippen LogP contribution in [0.3, 0.4) is 0 Å². The minimum atomic E-state index is -3.79. The van der Waals surface area contributed by atoms with Crippen molar-refractivity contribution in [3.8, 4) is 0 Å². The number of sulfonamides is 1. The molecule has 0 bridgehead atoms. The van der Waals surface area contributed by atoms with Gasteiger partial charge in [0.1, 0.15) is 17.4 Å². The number of nitrogens with one attached hydrogen (secondary N) is 1. The lowest BCUT2D eigenvalue weighted by Gasteiger charge is -2.07. The Morgan fingerprint density at radius 1 is 1.28 bits per heavy atom. The number of aromatic nitrogens is 1. The normalized spacial score (nSPS) is 11.6. The van der Waals surface area contributed by atoms with Crippen LogP contribution in [0.5, 0.6) is 0 Å². The molecule has 6 nitrogen and oxygen atoms in total. The van der Waals surface area contributed by atoms with E-state index >= 15 is 0 Å². The number of benzene rings is 2. The molecule has 2 aromatic carbocycles. The van der Waals surface area contributed by atoms with Crippen molar-refractivity contribution in [3.63, 3.8) is 0 Å². The molecule has 0 amide bonds. The molecule has 1 N–H and O–H groups in total. The summed E-state index contributed by atoms with van der Waals surface area (Å²) in [6.45, 7) is -0.124. The Morgan fingerprint density at radius 2 is 2.04 bits per heavy atom. The quantitative estimate of drug-likeness (QED) is 0.688. The van der Waals surface area contributed by atoms with Gasteiger partial charge in [-0.05, 0) is 37.4 Å². The van der Waals surface area contributed by atoms with Crippen molar-refractivity contribution >= 4 is 37.5 Å². The van der Waals surface area contributed by atoms with Gasteiger partial charge in [-0.15, -0.1) is 11.3 Å². The number of carbonyl (C=O) groups is 1. The number of esters is 1. The zero-order chi connectivity index (χ0) is 18.0. The molecule has 25 heavy (non-hydrogen) atoms. The van der Waals surface area contributed by atoms with Crippen LogP contribution in [0.15, 0.2) is 47.4 Å². The molecule has 9 heteroatoms. The molecule has 0 spiro atoms. The molecule has 130 valence electrons. The smallest absolute Gasteiger partial charge is 0.341 e.